The first-order valence-electron chi connectivity index (χ1n) is 9.44. The van der Waals surface area contributed by atoms with Crippen LogP contribution in [0.25, 0.3) is 10.9 Å². The maximum atomic E-state index is 14.9. The fraction of sp³-hybridized carbons (Fsp3) is 0.368. The van der Waals surface area contributed by atoms with Gasteiger partial charge in [-0.05, 0) is 44.5 Å². The SMILES string of the molecule is CC1=C2C(Oc3ccc4[nH]c(C)cc4c3F)=NC=NN2CC1OC[C@@H](C)OS(=O)(=O)O. The molecule has 166 valence electrons. The van der Waals surface area contributed by atoms with Crippen molar-refractivity contribution in [3.8, 4) is 5.75 Å². The molecule has 1 unspecified atom stereocenters. The summed E-state index contributed by atoms with van der Waals surface area (Å²) in [5, 5.41) is 6.22. The molecule has 4 rings (SSSR count). The van der Waals surface area contributed by atoms with Crippen LogP contribution in [-0.4, -0.2) is 60.6 Å². The van der Waals surface area contributed by atoms with Gasteiger partial charge in [0.2, 0.25) is 5.90 Å². The number of nitrogens with one attached hydrogen (secondary N) is 1. The van der Waals surface area contributed by atoms with Crippen molar-refractivity contribution >= 4 is 33.5 Å². The zero-order valence-electron chi connectivity index (χ0n) is 17.0. The van der Waals surface area contributed by atoms with Gasteiger partial charge in [0.25, 0.3) is 0 Å². The molecule has 0 radical (unpaired) electrons. The molecule has 0 saturated carbocycles. The minimum Gasteiger partial charge on any atom is -0.434 e. The summed E-state index contributed by atoms with van der Waals surface area (Å²) in [7, 11) is -4.57. The van der Waals surface area contributed by atoms with Gasteiger partial charge in [-0.25, -0.2) is 8.57 Å². The van der Waals surface area contributed by atoms with Crippen molar-refractivity contribution in [1.29, 1.82) is 0 Å². The Morgan fingerprint density at radius 3 is 2.90 bits per heavy atom. The number of aliphatic imine (C=N–C) groups is 1. The van der Waals surface area contributed by atoms with Crippen molar-refractivity contribution < 1.29 is 31.0 Å². The third-order valence-corrected chi connectivity index (χ3v) is 5.46. The standard InChI is InChI=1S/C19H21FN4O6S/c1-10-6-13-14(23-10)4-5-15(17(13)20)29-19-18-12(3)16(7-24(18)22-9-21-19)28-8-11(2)30-31(25,26)27/h4-6,9,11,16,23H,7-8H2,1-3H3,(H,25,26,27)/t11-,16?/m1/s1. The molecule has 0 bridgehead atoms. The first kappa shape index (κ1) is 21.4. The maximum absolute atomic E-state index is 14.9. The molecule has 10 nitrogen and oxygen atoms in total. The van der Waals surface area contributed by atoms with Crippen LogP contribution in [0.4, 0.5) is 4.39 Å². The number of halogens is 1. The molecule has 0 aliphatic carbocycles. The first-order chi connectivity index (χ1) is 14.6. The number of hydrogen-bond acceptors (Lipinski definition) is 8. The zero-order chi connectivity index (χ0) is 22.3. The summed E-state index contributed by atoms with van der Waals surface area (Å²) in [5.41, 5.74) is 2.78. The number of hydrazone groups is 1. The van der Waals surface area contributed by atoms with Gasteiger partial charge in [0.1, 0.15) is 18.1 Å². The Kier molecular flexibility index (Phi) is 5.56. The molecule has 31 heavy (non-hydrogen) atoms. The zero-order valence-corrected chi connectivity index (χ0v) is 17.8. The second-order valence-electron chi connectivity index (χ2n) is 7.33. The molecule has 3 heterocycles. The predicted octanol–water partition coefficient (Wildman–Crippen LogP) is 2.53. The Bertz CT molecular complexity index is 1220. The monoisotopic (exact) mass is 452 g/mol. The third-order valence-electron chi connectivity index (χ3n) is 4.88. The lowest BCUT2D eigenvalue weighted by molar-refractivity contribution is 0.0185. The number of nitrogens with zero attached hydrogens (tertiary/aromatic N) is 3. The van der Waals surface area contributed by atoms with Gasteiger partial charge >= 0.3 is 10.4 Å². The Morgan fingerprint density at radius 1 is 1.39 bits per heavy atom. The summed E-state index contributed by atoms with van der Waals surface area (Å²) in [5.74, 6) is -0.300. The van der Waals surface area contributed by atoms with Gasteiger partial charge in [-0.3, -0.25) is 9.56 Å². The highest BCUT2D eigenvalue weighted by molar-refractivity contribution is 7.80. The number of aromatic nitrogens is 1. The first-order valence-corrected chi connectivity index (χ1v) is 10.8. The van der Waals surface area contributed by atoms with E-state index in [1.807, 2.05) is 6.92 Å². The van der Waals surface area contributed by atoms with Crippen LogP contribution in [0.5, 0.6) is 5.75 Å². The van der Waals surface area contributed by atoms with Crippen LogP contribution in [0.2, 0.25) is 0 Å². The Morgan fingerprint density at radius 2 is 2.16 bits per heavy atom. The minimum absolute atomic E-state index is 0.0281. The maximum Gasteiger partial charge on any atom is 0.397 e. The van der Waals surface area contributed by atoms with Crippen LogP contribution >= 0.6 is 0 Å². The highest BCUT2D eigenvalue weighted by atomic mass is 32.3. The van der Waals surface area contributed by atoms with Crippen molar-refractivity contribution in [3.05, 3.63) is 41.0 Å². The van der Waals surface area contributed by atoms with Crippen LogP contribution in [0.1, 0.15) is 19.5 Å². The molecule has 1 aromatic carbocycles. The topological polar surface area (TPSA) is 126 Å². The Hall–Kier alpha value is -2.80. The van der Waals surface area contributed by atoms with E-state index in [-0.39, 0.29) is 18.3 Å². The summed E-state index contributed by atoms with van der Waals surface area (Å²) < 4.78 is 61.3. The van der Waals surface area contributed by atoms with Gasteiger partial charge in [0.05, 0.1) is 19.3 Å². The molecule has 2 aliphatic heterocycles. The second kappa shape index (κ2) is 8.04. The Balaban J connectivity index is 1.53. The van der Waals surface area contributed by atoms with Crippen molar-refractivity contribution in [1.82, 2.24) is 9.99 Å². The van der Waals surface area contributed by atoms with Gasteiger partial charge in [0.15, 0.2) is 11.6 Å². The van der Waals surface area contributed by atoms with Gasteiger partial charge in [-0.2, -0.15) is 18.5 Å². The van der Waals surface area contributed by atoms with E-state index in [1.165, 1.54) is 19.3 Å². The highest BCUT2D eigenvalue weighted by Gasteiger charge is 2.36. The summed E-state index contributed by atoms with van der Waals surface area (Å²) >= 11 is 0. The molecule has 0 fully saturated rings. The van der Waals surface area contributed by atoms with Gasteiger partial charge < -0.3 is 14.5 Å². The molecular formula is C19H21FN4O6S. The van der Waals surface area contributed by atoms with Gasteiger partial charge in [0, 0.05) is 16.6 Å². The van der Waals surface area contributed by atoms with E-state index in [2.05, 4.69) is 19.3 Å². The number of hydrogen-bond donors (Lipinski definition) is 2. The number of benzene rings is 1. The molecule has 2 N–H and O–H groups in total. The number of aryl methyl sites for hydroxylation is 1. The largest absolute Gasteiger partial charge is 0.434 e. The molecule has 2 aliphatic rings. The predicted molar refractivity (Wildman–Crippen MR) is 111 cm³/mol. The van der Waals surface area contributed by atoms with E-state index >= 15 is 0 Å². The number of aromatic amines is 1. The molecule has 0 saturated heterocycles. The number of ether oxygens (including phenoxy) is 2. The summed E-state index contributed by atoms with van der Waals surface area (Å²) in [4.78, 5) is 7.23. The Labute approximate surface area is 177 Å². The molecule has 2 atom stereocenters. The van der Waals surface area contributed by atoms with E-state index in [9.17, 15) is 12.8 Å². The highest BCUT2D eigenvalue weighted by Crippen LogP contribution is 2.32. The average molecular weight is 452 g/mol. The molecule has 0 amide bonds. The van der Waals surface area contributed by atoms with E-state index < -0.39 is 28.4 Å². The fourth-order valence-corrected chi connectivity index (χ4v) is 4.01. The van der Waals surface area contributed by atoms with Crippen LogP contribution in [0.3, 0.4) is 0 Å². The lowest BCUT2D eigenvalue weighted by Gasteiger charge is -2.21. The molecule has 0 spiro atoms. The lowest BCUT2D eigenvalue weighted by Crippen LogP contribution is -2.29. The summed E-state index contributed by atoms with van der Waals surface area (Å²) in [6.07, 6.45) is -0.0368. The molecule has 2 aromatic rings. The lowest BCUT2D eigenvalue weighted by atomic mass is 10.1. The second-order valence-corrected chi connectivity index (χ2v) is 8.38. The van der Waals surface area contributed by atoms with Crippen LogP contribution in [0, 0.1) is 12.7 Å². The average Bonchev–Trinajstić information content (AvgIpc) is 3.21. The van der Waals surface area contributed by atoms with Crippen LogP contribution < -0.4 is 4.74 Å². The number of fused-ring (bicyclic) bond motifs is 2. The minimum atomic E-state index is -4.57. The van der Waals surface area contributed by atoms with E-state index in [4.69, 9.17) is 14.0 Å². The van der Waals surface area contributed by atoms with Gasteiger partial charge in [-0.15, -0.1) is 0 Å². The summed E-state index contributed by atoms with van der Waals surface area (Å²) in [6, 6.07) is 4.96. The fourth-order valence-electron chi connectivity index (χ4n) is 3.54. The molecule has 12 heteroatoms. The van der Waals surface area contributed by atoms with Crippen LogP contribution in [-0.2, 0) is 19.3 Å². The van der Waals surface area contributed by atoms with Crippen LogP contribution in [0.15, 0.2) is 39.6 Å². The van der Waals surface area contributed by atoms with Gasteiger partial charge in [-0.1, -0.05) is 0 Å². The smallest absolute Gasteiger partial charge is 0.397 e. The molecular weight excluding hydrogens is 431 g/mol. The quantitative estimate of drug-likeness (QED) is 0.645. The van der Waals surface area contributed by atoms with Crippen molar-refractivity contribution in [3.63, 3.8) is 0 Å². The molecule has 1 aromatic heterocycles. The summed E-state index contributed by atoms with van der Waals surface area (Å²) in [6.45, 7) is 5.33. The third kappa shape index (κ3) is 4.46. The van der Waals surface area contributed by atoms with E-state index in [0.717, 1.165) is 11.3 Å². The number of H-pyrrole nitrogens is 1. The van der Waals surface area contributed by atoms with Crippen molar-refractivity contribution in [2.24, 2.45) is 10.1 Å². The number of rotatable bonds is 6. The van der Waals surface area contributed by atoms with E-state index in [0.29, 0.717) is 23.1 Å². The normalized spacial score (nSPS) is 19.7. The van der Waals surface area contributed by atoms with Crippen molar-refractivity contribution in [2.75, 3.05) is 13.2 Å². The van der Waals surface area contributed by atoms with Crippen molar-refractivity contribution in [2.45, 2.75) is 33.0 Å². The van der Waals surface area contributed by atoms with E-state index in [1.54, 1.807) is 24.1 Å².